The molecule has 2 atom stereocenters. The average molecular weight is 392 g/mol. The van der Waals surface area contributed by atoms with Crippen molar-refractivity contribution >= 4 is 45.6 Å². The minimum absolute atomic E-state index is 0. The SMILES string of the molecule is C[C@H]1CCNC[C@H](C)N1S(=O)(=O)c1ccc2cnccc2c1.Cl.Cl. The number of sulfonamides is 1. The van der Waals surface area contributed by atoms with Crippen molar-refractivity contribution < 1.29 is 8.42 Å². The summed E-state index contributed by atoms with van der Waals surface area (Å²) < 4.78 is 27.8. The van der Waals surface area contributed by atoms with Gasteiger partial charge in [-0.05, 0) is 50.4 Å². The lowest BCUT2D eigenvalue weighted by Crippen LogP contribution is -2.45. The van der Waals surface area contributed by atoms with Crippen molar-refractivity contribution in [2.75, 3.05) is 13.1 Å². The van der Waals surface area contributed by atoms with Gasteiger partial charge in [-0.15, -0.1) is 24.8 Å². The van der Waals surface area contributed by atoms with Crippen LogP contribution in [0.2, 0.25) is 0 Å². The fourth-order valence-electron chi connectivity index (χ4n) is 3.09. The molecule has 3 rings (SSSR count). The summed E-state index contributed by atoms with van der Waals surface area (Å²) in [7, 11) is -3.50. The van der Waals surface area contributed by atoms with Gasteiger partial charge in [0, 0.05) is 36.4 Å². The molecule has 1 saturated heterocycles. The fraction of sp³-hybridized carbons (Fsp3) is 0.438. The lowest BCUT2D eigenvalue weighted by atomic mass is 10.2. The van der Waals surface area contributed by atoms with E-state index < -0.39 is 10.0 Å². The van der Waals surface area contributed by atoms with E-state index in [0.717, 1.165) is 23.7 Å². The van der Waals surface area contributed by atoms with Crippen LogP contribution in [-0.2, 0) is 10.0 Å². The number of pyridine rings is 1. The maximum Gasteiger partial charge on any atom is 0.243 e. The number of benzene rings is 1. The number of hydrogen-bond acceptors (Lipinski definition) is 4. The van der Waals surface area contributed by atoms with E-state index in [4.69, 9.17) is 0 Å². The zero-order valence-corrected chi connectivity index (χ0v) is 16.1. The van der Waals surface area contributed by atoms with Crippen LogP contribution in [0.25, 0.3) is 10.8 Å². The molecule has 8 heteroatoms. The van der Waals surface area contributed by atoms with E-state index in [1.54, 1.807) is 28.8 Å². The topological polar surface area (TPSA) is 62.3 Å². The molecule has 2 aromatic rings. The van der Waals surface area contributed by atoms with Gasteiger partial charge in [0.05, 0.1) is 4.90 Å². The zero-order valence-electron chi connectivity index (χ0n) is 13.7. The molecule has 1 aromatic carbocycles. The summed E-state index contributed by atoms with van der Waals surface area (Å²) in [5, 5.41) is 5.13. The molecule has 5 nitrogen and oxygen atoms in total. The lowest BCUT2D eigenvalue weighted by molar-refractivity contribution is 0.286. The van der Waals surface area contributed by atoms with Gasteiger partial charge in [-0.3, -0.25) is 4.98 Å². The van der Waals surface area contributed by atoms with Gasteiger partial charge in [0.25, 0.3) is 0 Å². The summed E-state index contributed by atoms with van der Waals surface area (Å²) in [4.78, 5) is 4.42. The Bertz CT molecular complexity index is 774. The van der Waals surface area contributed by atoms with Gasteiger partial charge in [-0.25, -0.2) is 8.42 Å². The molecule has 1 aliphatic heterocycles. The second-order valence-electron chi connectivity index (χ2n) is 5.91. The number of halogens is 2. The molecule has 0 bridgehead atoms. The third-order valence-electron chi connectivity index (χ3n) is 4.23. The van der Waals surface area contributed by atoms with Crippen molar-refractivity contribution in [1.82, 2.24) is 14.6 Å². The first-order valence-electron chi connectivity index (χ1n) is 7.58. The summed E-state index contributed by atoms with van der Waals surface area (Å²) in [5.41, 5.74) is 0. The van der Waals surface area contributed by atoms with E-state index in [2.05, 4.69) is 10.3 Å². The van der Waals surface area contributed by atoms with Crippen molar-refractivity contribution in [3.63, 3.8) is 0 Å². The molecule has 1 aliphatic rings. The predicted molar refractivity (Wildman–Crippen MR) is 102 cm³/mol. The van der Waals surface area contributed by atoms with Crippen LogP contribution in [0.3, 0.4) is 0 Å². The highest BCUT2D eigenvalue weighted by molar-refractivity contribution is 7.89. The van der Waals surface area contributed by atoms with E-state index >= 15 is 0 Å². The van der Waals surface area contributed by atoms with Gasteiger partial charge in [-0.1, -0.05) is 6.07 Å². The molecule has 0 spiro atoms. The van der Waals surface area contributed by atoms with Gasteiger partial charge >= 0.3 is 0 Å². The molecule has 0 amide bonds. The highest BCUT2D eigenvalue weighted by Gasteiger charge is 2.34. The lowest BCUT2D eigenvalue weighted by Gasteiger charge is -2.31. The molecule has 134 valence electrons. The van der Waals surface area contributed by atoms with E-state index in [9.17, 15) is 8.42 Å². The number of nitrogens with one attached hydrogen (secondary N) is 1. The molecule has 1 fully saturated rings. The summed E-state index contributed by atoms with van der Waals surface area (Å²) in [6.07, 6.45) is 4.24. The Morgan fingerprint density at radius 3 is 2.62 bits per heavy atom. The van der Waals surface area contributed by atoms with Crippen LogP contribution in [-0.4, -0.2) is 42.9 Å². The highest BCUT2D eigenvalue weighted by atomic mass is 35.5. The van der Waals surface area contributed by atoms with Crippen LogP contribution in [0.4, 0.5) is 0 Å². The van der Waals surface area contributed by atoms with Crippen molar-refractivity contribution in [2.24, 2.45) is 0 Å². The number of hydrogen-bond donors (Lipinski definition) is 1. The molecule has 24 heavy (non-hydrogen) atoms. The molecule has 0 aliphatic carbocycles. The van der Waals surface area contributed by atoms with Gasteiger partial charge < -0.3 is 5.32 Å². The Balaban J connectivity index is 0.00000144. The van der Waals surface area contributed by atoms with Gasteiger partial charge in [0.15, 0.2) is 0 Å². The molecule has 0 saturated carbocycles. The average Bonchev–Trinajstić information content (AvgIpc) is 2.67. The second kappa shape index (κ2) is 8.45. The van der Waals surface area contributed by atoms with Gasteiger partial charge in [0.2, 0.25) is 10.0 Å². The summed E-state index contributed by atoms with van der Waals surface area (Å²) >= 11 is 0. The van der Waals surface area contributed by atoms with Crippen molar-refractivity contribution in [1.29, 1.82) is 0 Å². The first-order chi connectivity index (χ1) is 10.5. The van der Waals surface area contributed by atoms with Gasteiger partial charge in [0.1, 0.15) is 0 Å². The molecule has 0 unspecified atom stereocenters. The minimum atomic E-state index is -3.50. The number of aromatic nitrogens is 1. The number of fused-ring (bicyclic) bond motifs is 1. The summed E-state index contributed by atoms with van der Waals surface area (Å²) in [6.45, 7) is 5.46. The van der Waals surface area contributed by atoms with E-state index in [1.165, 1.54) is 0 Å². The summed E-state index contributed by atoms with van der Waals surface area (Å²) in [6, 6.07) is 7.01. The predicted octanol–water partition coefficient (Wildman–Crippen LogP) is 2.84. The van der Waals surface area contributed by atoms with Crippen LogP contribution < -0.4 is 5.32 Å². The number of nitrogens with zero attached hydrogens (tertiary/aromatic N) is 2. The fourth-order valence-corrected chi connectivity index (χ4v) is 4.98. The third kappa shape index (κ3) is 4.00. The Kier molecular flexibility index (Phi) is 7.44. The molecular weight excluding hydrogens is 369 g/mol. The standard InChI is InChI=1S/C16H21N3O2S.2ClH/c1-12-5-7-17-10-13(2)19(12)22(20,21)16-4-3-15-11-18-8-6-14(15)9-16;;/h3-4,6,8-9,11-13,17H,5,7,10H2,1-2H3;2*1H/t12-,13-;;/m0../s1. The molecule has 2 heterocycles. The zero-order chi connectivity index (χ0) is 15.7. The number of rotatable bonds is 2. The Hall–Kier alpha value is -0.920. The van der Waals surface area contributed by atoms with Crippen molar-refractivity contribution in [3.8, 4) is 0 Å². The largest absolute Gasteiger partial charge is 0.315 e. The maximum absolute atomic E-state index is 13.1. The van der Waals surface area contributed by atoms with Crippen LogP contribution in [0, 0.1) is 0 Å². The van der Waals surface area contributed by atoms with Crippen molar-refractivity contribution in [2.45, 2.75) is 37.2 Å². The van der Waals surface area contributed by atoms with Crippen LogP contribution in [0.15, 0.2) is 41.6 Å². The van der Waals surface area contributed by atoms with Crippen molar-refractivity contribution in [3.05, 3.63) is 36.7 Å². The van der Waals surface area contributed by atoms with Crippen LogP contribution in [0.5, 0.6) is 0 Å². The Morgan fingerprint density at radius 1 is 1.12 bits per heavy atom. The molecule has 1 aromatic heterocycles. The van der Waals surface area contributed by atoms with Crippen LogP contribution in [0.1, 0.15) is 20.3 Å². The Morgan fingerprint density at radius 2 is 1.88 bits per heavy atom. The van der Waals surface area contributed by atoms with E-state index in [1.807, 2.05) is 26.0 Å². The molecular formula is C16H23Cl2N3O2S. The third-order valence-corrected chi connectivity index (χ3v) is 6.36. The summed E-state index contributed by atoms with van der Waals surface area (Å²) in [5.74, 6) is 0. The second-order valence-corrected chi connectivity index (χ2v) is 7.75. The van der Waals surface area contributed by atoms with Gasteiger partial charge in [-0.2, -0.15) is 4.31 Å². The van der Waals surface area contributed by atoms with E-state index in [-0.39, 0.29) is 36.9 Å². The molecule has 0 radical (unpaired) electrons. The quantitative estimate of drug-likeness (QED) is 0.854. The molecule has 1 N–H and O–H groups in total. The normalized spacial score (nSPS) is 22.2. The smallest absolute Gasteiger partial charge is 0.243 e. The monoisotopic (exact) mass is 391 g/mol. The first-order valence-corrected chi connectivity index (χ1v) is 9.02. The minimum Gasteiger partial charge on any atom is -0.315 e. The highest BCUT2D eigenvalue weighted by Crippen LogP contribution is 2.26. The Labute approximate surface area is 155 Å². The maximum atomic E-state index is 13.1. The van der Waals surface area contributed by atoms with Crippen LogP contribution >= 0.6 is 24.8 Å². The first kappa shape index (κ1) is 21.1. The van der Waals surface area contributed by atoms with E-state index in [0.29, 0.717) is 11.4 Å².